The minimum absolute atomic E-state index is 0.00904. The Balaban J connectivity index is 0.000000225. The molecule has 2 rings (SSSR count). The van der Waals surface area contributed by atoms with Crippen LogP contribution in [0.2, 0.25) is 25.1 Å². The van der Waals surface area contributed by atoms with Gasteiger partial charge in [-0.15, -0.1) is 0 Å². The summed E-state index contributed by atoms with van der Waals surface area (Å²) in [4.78, 5) is 0. The van der Waals surface area contributed by atoms with Crippen LogP contribution in [0.5, 0.6) is 5.75 Å². The second-order valence-electron chi connectivity index (χ2n) is 3.42. The molecule has 1 aromatic rings. The van der Waals surface area contributed by atoms with Crippen LogP contribution in [-0.2, 0) is 0 Å². The Hall–Kier alpha value is 0.390. The van der Waals surface area contributed by atoms with Crippen LogP contribution in [0.25, 0.3) is 0 Å². The number of halogens is 5. The average molecular weight is 352 g/mol. The summed E-state index contributed by atoms with van der Waals surface area (Å²) in [5.41, 5.74) is 0. The van der Waals surface area contributed by atoms with Gasteiger partial charge in [-0.3, -0.25) is 0 Å². The van der Waals surface area contributed by atoms with Gasteiger partial charge in [0, 0.05) is 26.2 Å². The van der Waals surface area contributed by atoms with E-state index in [9.17, 15) is 5.11 Å². The number of hydrogen-bond acceptors (Lipinski definition) is 3. The summed E-state index contributed by atoms with van der Waals surface area (Å²) in [6.07, 6.45) is 0. The molecule has 0 spiro atoms. The lowest BCUT2D eigenvalue weighted by atomic mass is 10.3. The van der Waals surface area contributed by atoms with E-state index < -0.39 is 0 Å². The van der Waals surface area contributed by atoms with Gasteiger partial charge >= 0.3 is 0 Å². The molecule has 0 unspecified atom stereocenters. The van der Waals surface area contributed by atoms with Crippen molar-refractivity contribution in [1.82, 2.24) is 10.6 Å². The van der Waals surface area contributed by atoms with Crippen molar-refractivity contribution in [2.75, 3.05) is 26.2 Å². The highest BCUT2D eigenvalue weighted by Crippen LogP contribution is 2.47. The second-order valence-corrected chi connectivity index (χ2v) is 5.31. The molecule has 0 aliphatic carbocycles. The average Bonchev–Trinajstić information content (AvgIpc) is 2.43. The maximum absolute atomic E-state index is 9.20. The van der Waals surface area contributed by atoms with Crippen LogP contribution in [-0.4, -0.2) is 31.3 Å². The first-order chi connectivity index (χ1) is 8.46. The number of phenolic OH excluding ortho intramolecular Hbond substituents is 1. The van der Waals surface area contributed by atoms with E-state index in [0.717, 1.165) is 26.2 Å². The number of aromatic hydroxyl groups is 1. The van der Waals surface area contributed by atoms with Crippen LogP contribution in [0.15, 0.2) is 0 Å². The zero-order valence-corrected chi connectivity index (χ0v) is 12.9. The van der Waals surface area contributed by atoms with Crippen LogP contribution in [0.3, 0.4) is 0 Å². The molecule has 3 N–H and O–H groups in total. The predicted molar refractivity (Wildman–Crippen MR) is 78.9 cm³/mol. The number of phenols is 1. The van der Waals surface area contributed by atoms with Crippen molar-refractivity contribution in [2.24, 2.45) is 0 Å². The van der Waals surface area contributed by atoms with Crippen molar-refractivity contribution < 1.29 is 5.11 Å². The monoisotopic (exact) mass is 350 g/mol. The molecule has 0 amide bonds. The van der Waals surface area contributed by atoms with E-state index in [1.54, 1.807) is 0 Å². The summed E-state index contributed by atoms with van der Waals surface area (Å²) >= 11 is 27.9. The molecule has 1 aliphatic rings. The number of benzene rings is 1. The standard InChI is InChI=1S/C6HCl5O.C4H10N2/c7-1-2(8)4(10)6(12)5(11)3(1)9;1-2-6-4-3-5-1/h12H;5-6H,1-4H2. The summed E-state index contributed by atoms with van der Waals surface area (Å²) in [7, 11) is 0. The van der Waals surface area contributed by atoms with E-state index in [0.29, 0.717) is 0 Å². The molecular weight excluding hydrogens is 341 g/mol. The Bertz CT molecular complexity index is 307. The molecule has 0 bridgehead atoms. The Labute approximate surface area is 130 Å². The van der Waals surface area contributed by atoms with E-state index in [1.165, 1.54) is 0 Å². The van der Waals surface area contributed by atoms with Gasteiger partial charge in [0.05, 0.1) is 15.1 Å². The minimum Gasteiger partial charge on any atom is -0.505 e. The van der Waals surface area contributed by atoms with Crippen molar-refractivity contribution in [3.05, 3.63) is 25.1 Å². The SMILES string of the molecule is C1CNCCN1.Oc1c(Cl)c(Cl)c(Cl)c(Cl)c1Cl. The fraction of sp³-hybridized carbons (Fsp3) is 0.400. The van der Waals surface area contributed by atoms with E-state index >= 15 is 0 Å². The highest BCUT2D eigenvalue weighted by atomic mass is 35.5. The van der Waals surface area contributed by atoms with Crippen LogP contribution in [0.4, 0.5) is 0 Å². The topological polar surface area (TPSA) is 44.3 Å². The molecule has 0 atom stereocenters. The molecule has 0 aromatic heterocycles. The third-order valence-electron chi connectivity index (χ3n) is 2.14. The third-order valence-corrected chi connectivity index (χ3v) is 4.40. The Morgan fingerprint density at radius 2 is 0.889 bits per heavy atom. The van der Waals surface area contributed by atoms with E-state index in [-0.39, 0.29) is 30.9 Å². The van der Waals surface area contributed by atoms with Gasteiger partial charge in [-0.25, -0.2) is 0 Å². The van der Waals surface area contributed by atoms with Gasteiger partial charge in [0.1, 0.15) is 10.0 Å². The van der Waals surface area contributed by atoms with Crippen molar-refractivity contribution in [1.29, 1.82) is 0 Å². The zero-order chi connectivity index (χ0) is 13.7. The van der Waals surface area contributed by atoms with E-state index in [1.807, 2.05) is 0 Å². The van der Waals surface area contributed by atoms with Crippen LogP contribution in [0, 0.1) is 0 Å². The highest BCUT2D eigenvalue weighted by molar-refractivity contribution is 6.55. The molecule has 1 saturated heterocycles. The lowest BCUT2D eigenvalue weighted by Gasteiger charge is -2.11. The summed E-state index contributed by atoms with van der Waals surface area (Å²) in [6.45, 7) is 4.56. The fourth-order valence-corrected chi connectivity index (χ4v) is 2.33. The molecule has 3 nitrogen and oxygen atoms in total. The van der Waals surface area contributed by atoms with Gasteiger partial charge < -0.3 is 15.7 Å². The zero-order valence-electron chi connectivity index (χ0n) is 9.17. The second kappa shape index (κ2) is 7.85. The number of nitrogens with one attached hydrogen (secondary N) is 2. The van der Waals surface area contributed by atoms with Gasteiger partial charge in [0.15, 0.2) is 5.75 Å². The first-order valence-corrected chi connectivity index (χ1v) is 6.97. The molecule has 1 heterocycles. The first-order valence-electron chi connectivity index (χ1n) is 5.08. The van der Waals surface area contributed by atoms with Crippen molar-refractivity contribution in [3.63, 3.8) is 0 Å². The van der Waals surface area contributed by atoms with Gasteiger partial charge in [0.2, 0.25) is 0 Å². The van der Waals surface area contributed by atoms with Crippen molar-refractivity contribution in [2.45, 2.75) is 0 Å². The maximum Gasteiger partial charge on any atom is 0.155 e. The van der Waals surface area contributed by atoms with E-state index in [4.69, 9.17) is 58.0 Å². The van der Waals surface area contributed by atoms with Crippen molar-refractivity contribution >= 4 is 58.0 Å². The quantitative estimate of drug-likeness (QED) is 0.491. The molecule has 1 aliphatic heterocycles. The van der Waals surface area contributed by atoms with E-state index in [2.05, 4.69) is 10.6 Å². The highest BCUT2D eigenvalue weighted by Gasteiger charge is 2.18. The molecular formula is C10H11Cl5N2O. The summed E-state index contributed by atoms with van der Waals surface area (Å²) in [5.74, 6) is -0.363. The number of rotatable bonds is 0. The maximum atomic E-state index is 9.20. The summed E-state index contributed by atoms with van der Waals surface area (Å²) in [5, 5.41) is 15.5. The largest absolute Gasteiger partial charge is 0.505 e. The minimum atomic E-state index is -0.363. The Morgan fingerprint density at radius 3 is 1.17 bits per heavy atom. The summed E-state index contributed by atoms with van der Waals surface area (Å²) in [6, 6.07) is 0. The molecule has 1 aromatic carbocycles. The predicted octanol–water partition coefficient (Wildman–Crippen LogP) is 3.84. The molecule has 18 heavy (non-hydrogen) atoms. The fourth-order valence-electron chi connectivity index (χ4n) is 1.20. The third kappa shape index (κ3) is 4.20. The lowest BCUT2D eigenvalue weighted by molar-refractivity contribution is 0.476. The van der Waals surface area contributed by atoms with Crippen molar-refractivity contribution in [3.8, 4) is 5.75 Å². The number of hydrogen-bond donors (Lipinski definition) is 3. The molecule has 1 fully saturated rings. The van der Waals surface area contributed by atoms with Gasteiger partial charge in [0.25, 0.3) is 0 Å². The van der Waals surface area contributed by atoms with Crippen LogP contribution in [0.1, 0.15) is 0 Å². The van der Waals surface area contributed by atoms with Gasteiger partial charge in [-0.1, -0.05) is 58.0 Å². The van der Waals surface area contributed by atoms with Crippen LogP contribution < -0.4 is 10.6 Å². The smallest absolute Gasteiger partial charge is 0.155 e. The van der Waals surface area contributed by atoms with Gasteiger partial charge in [-0.05, 0) is 0 Å². The molecule has 8 heteroatoms. The Kier molecular flexibility index (Phi) is 7.17. The summed E-state index contributed by atoms with van der Waals surface area (Å²) < 4.78 is 0. The first kappa shape index (κ1) is 16.4. The van der Waals surface area contributed by atoms with Gasteiger partial charge in [-0.2, -0.15) is 0 Å². The lowest BCUT2D eigenvalue weighted by Crippen LogP contribution is -2.39. The molecule has 0 saturated carbocycles. The normalized spacial score (nSPS) is 14.9. The molecule has 0 radical (unpaired) electrons. The number of piperazine rings is 1. The molecule has 102 valence electrons. The van der Waals surface area contributed by atoms with Crippen LogP contribution >= 0.6 is 58.0 Å². The Morgan fingerprint density at radius 1 is 0.611 bits per heavy atom.